The molecule has 0 radical (unpaired) electrons. The molecule has 2 atom stereocenters. The van der Waals surface area contributed by atoms with Crippen LogP contribution in [0.4, 0.5) is 5.69 Å². The van der Waals surface area contributed by atoms with Crippen molar-refractivity contribution in [1.82, 2.24) is 4.90 Å². The van der Waals surface area contributed by atoms with Gasteiger partial charge in [0.15, 0.2) is 0 Å². The second kappa shape index (κ2) is 9.54. The summed E-state index contributed by atoms with van der Waals surface area (Å²) >= 11 is 28.3. The first-order valence-corrected chi connectivity index (χ1v) is 13.0. The van der Waals surface area contributed by atoms with E-state index in [4.69, 9.17) is 51.1 Å². The summed E-state index contributed by atoms with van der Waals surface area (Å²) in [6, 6.07) is 12.5. The largest absolute Gasteiger partial charge is 0.494 e. The molecule has 2 aliphatic rings. The number of hydrogen-bond donors (Lipinski definition) is 0. The van der Waals surface area contributed by atoms with Gasteiger partial charge in [0.2, 0.25) is 0 Å². The Hall–Kier alpha value is -2.29. The van der Waals surface area contributed by atoms with Crippen molar-refractivity contribution >= 4 is 85.7 Å². The molecular formula is C25H15BrCl4N2O4. The molecule has 2 heterocycles. The molecule has 5 rings (SSSR count). The molecule has 0 bridgehead atoms. The Kier molecular flexibility index (Phi) is 6.72. The molecule has 3 aromatic rings. The van der Waals surface area contributed by atoms with Crippen LogP contribution in [0.25, 0.3) is 0 Å². The van der Waals surface area contributed by atoms with Crippen LogP contribution in [0.3, 0.4) is 0 Å². The second-order valence-electron chi connectivity index (χ2n) is 8.06. The van der Waals surface area contributed by atoms with E-state index in [2.05, 4.69) is 15.9 Å². The minimum atomic E-state index is -1.14. The van der Waals surface area contributed by atoms with Crippen molar-refractivity contribution in [3.63, 3.8) is 0 Å². The van der Waals surface area contributed by atoms with Gasteiger partial charge in [-0.2, -0.15) is 0 Å². The number of anilines is 1. The first-order chi connectivity index (χ1) is 17.2. The normalized spacial score (nSPS) is 19.0. The molecule has 6 nitrogen and oxygen atoms in total. The fourth-order valence-corrected chi connectivity index (χ4v) is 5.77. The molecule has 0 N–H and O–H groups in total. The SMILES string of the molecule is CCOc1ccc(C2C(N3C(=O)c4c(Cl)c(Cl)c(Cl)c(Cl)c4C3=O)C(=O)N2c2ccc(Br)cc2)cc1. The van der Waals surface area contributed by atoms with Crippen LogP contribution in [0.2, 0.25) is 20.1 Å². The van der Waals surface area contributed by atoms with Gasteiger partial charge in [0.1, 0.15) is 11.8 Å². The average molecular weight is 629 g/mol. The summed E-state index contributed by atoms with van der Waals surface area (Å²) in [5.74, 6) is -1.30. The van der Waals surface area contributed by atoms with Gasteiger partial charge in [0.25, 0.3) is 17.7 Å². The van der Waals surface area contributed by atoms with E-state index in [9.17, 15) is 14.4 Å². The number of halogens is 5. The lowest BCUT2D eigenvalue weighted by atomic mass is 9.86. The molecule has 36 heavy (non-hydrogen) atoms. The maximum Gasteiger partial charge on any atom is 0.264 e. The third-order valence-electron chi connectivity index (χ3n) is 6.12. The van der Waals surface area contributed by atoms with Crippen molar-refractivity contribution in [1.29, 1.82) is 0 Å². The van der Waals surface area contributed by atoms with Crippen LogP contribution >= 0.6 is 62.3 Å². The van der Waals surface area contributed by atoms with Crippen LogP contribution in [0.1, 0.15) is 39.2 Å². The first kappa shape index (κ1) is 25.4. The highest BCUT2D eigenvalue weighted by molar-refractivity contribution is 9.10. The Balaban J connectivity index is 1.60. The number of hydrogen-bond acceptors (Lipinski definition) is 4. The van der Waals surface area contributed by atoms with E-state index in [1.165, 1.54) is 0 Å². The van der Waals surface area contributed by atoms with Gasteiger partial charge in [-0.3, -0.25) is 19.3 Å². The fraction of sp³-hybridized carbons (Fsp3) is 0.160. The van der Waals surface area contributed by atoms with Gasteiger partial charge in [0, 0.05) is 10.2 Å². The Morgan fingerprint density at radius 1 is 0.750 bits per heavy atom. The Morgan fingerprint density at radius 3 is 1.78 bits per heavy atom. The summed E-state index contributed by atoms with van der Waals surface area (Å²) in [5, 5.41) is -0.638. The van der Waals surface area contributed by atoms with Gasteiger partial charge in [-0.15, -0.1) is 0 Å². The molecule has 1 saturated heterocycles. The third-order valence-corrected chi connectivity index (χ3v) is 8.45. The maximum atomic E-state index is 13.6. The number of nitrogens with zero attached hydrogens (tertiary/aromatic N) is 2. The van der Waals surface area contributed by atoms with Gasteiger partial charge in [-0.1, -0.05) is 74.5 Å². The lowest BCUT2D eigenvalue weighted by Crippen LogP contribution is -2.67. The maximum absolute atomic E-state index is 13.6. The molecule has 184 valence electrons. The quantitative estimate of drug-likeness (QED) is 0.130. The lowest BCUT2D eigenvalue weighted by Gasteiger charge is -2.49. The van der Waals surface area contributed by atoms with E-state index < -0.39 is 29.8 Å². The van der Waals surface area contributed by atoms with Crippen molar-refractivity contribution in [2.45, 2.75) is 19.0 Å². The minimum absolute atomic E-state index is 0.135. The lowest BCUT2D eigenvalue weighted by molar-refractivity contribution is -0.130. The second-order valence-corrected chi connectivity index (χ2v) is 10.5. The van der Waals surface area contributed by atoms with Crippen LogP contribution < -0.4 is 9.64 Å². The Morgan fingerprint density at radius 2 is 1.28 bits per heavy atom. The summed E-state index contributed by atoms with van der Waals surface area (Å²) in [6.45, 7) is 2.37. The van der Waals surface area contributed by atoms with E-state index in [1.54, 1.807) is 53.4 Å². The van der Waals surface area contributed by atoms with Crippen LogP contribution in [-0.2, 0) is 4.79 Å². The van der Waals surface area contributed by atoms with Crippen molar-refractivity contribution in [2.24, 2.45) is 0 Å². The third kappa shape index (κ3) is 3.80. The molecule has 0 saturated carbocycles. The van der Waals surface area contributed by atoms with Gasteiger partial charge >= 0.3 is 0 Å². The van der Waals surface area contributed by atoms with Crippen molar-refractivity contribution in [3.8, 4) is 5.75 Å². The highest BCUT2D eigenvalue weighted by Gasteiger charge is 2.58. The predicted octanol–water partition coefficient (Wildman–Crippen LogP) is 7.21. The van der Waals surface area contributed by atoms with Crippen LogP contribution in [0, 0.1) is 0 Å². The summed E-state index contributed by atoms with van der Waals surface area (Å²) in [6.07, 6.45) is 0. The summed E-state index contributed by atoms with van der Waals surface area (Å²) in [5.41, 5.74) is 0.982. The highest BCUT2D eigenvalue weighted by Crippen LogP contribution is 2.49. The Labute approximate surface area is 234 Å². The van der Waals surface area contributed by atoms with E-state index >= 15 is 0 Å². The zero-order chi connectivity index (χ0) is 25.9. The fourth-order valence-electron chi connectivity index (χ4n) is 4.49. The number of amides is 3. The van der Waals surface area contributed by atoms with E-state index in [0.717, 1.165) is 9.37 Å². The molecule has 0 aromatic heterocycles. The van der Waals surface area contributed by atoms with Crippen LogP contribution in [-0.4, -0.2) is 35.3 Å². The first-order valence-electron chi connectivity index (χ1n) is 10.7. The van der Waals surface area contributed by atoms with E-state index in [1.807, 2.05) is 6.92 Å². The summed E-state index contributed by atoms with van der Waals surface area (Å²) < 4.78 is 6.37. The van der Waals surface area contributed by atoms with Gasteiger partial charge < -0.3 is 9.64 Å². The number of benzene rings is 3. The zero-order valence-corrected chi connectivity index (χ0v) is 23.0. The van der Waals surface area contributed by atoms with Crippen LogP contribution in [0.5, 0.6) is 5.75 Å². The van der Waals surface area contributed by atoms with Crippen molar-refractivity contribution < 1.29 is 19.1 Å². The smallest absolute Gasteiger partial charge is 0.264 e. The van der Waals surface area contributed by atoms with Crippen molar-refractivity contribution in [2.75, 3.05) is 11.5 Å². The molecule has 0 spiro atoms. The topological polar surface area (TPSA) is 66.9 Å². The molecule has 3 amide bonds. The number of imide groups is 1. The van der Waals surface area contributed by atoms with Gasteiger partial charge in [-0.25, -0.2) is 0 Å². The molecule has 11 heteroatoms. The minimum Gasteiger partial charge on any atom is -0.494 e. The molecule has 1 fully saturated rings. The van der Waals surface area contributed by atoms with Crippen molar-refractivity contribution in [3.05, 3.63) is 89.8 Å². The summed E-state index contributed by atoms with van der Waals surface area (Å²) in [7, 11) is 0. The predicted molar refractivity (Wildman–Crippen MR) is 143 cm³/mol. The number of carbonyl (C=O) groups excluding carboxylic acids is 3. The molecule has 2 unspecified atom stereocenters. The summed E-state index contributed by atoms with van der Waals surface area (Å²) in [4.78, 5) is 43.0. The number of β-lactam (4-membered cyclic amide) rings is 1. The molecule has 0 aliphatic carbocycles. The number of ether oxygens (including phenoxy) is 1. The number of rotatable bonds is 5. The Bertz CT molecular complexity index is 1380. The highest BCUT2D eigenvalue weighted by atomic mass is 79.9. The monoisotopic (exact) mass is 626 g/mol. The average Bonchev–Trinajstić information content (AvgIpc) is 3.12. The zero-order valence-electron chi connectivity index (χ0n) is 18.4. The number of carbonyl (C=O) groups is 3. The van der Waals surface area contributed by atoms with E-state index in [0.29, 0.717) is 23.6 Å². The van der Waals surface area contributed by atoms with Gasteiger partial charge in [0.05, 0.1) is 43.9 Å². The van der Waals surface area contributed by atoms with Crippen LogP contribution in [0.15, 0.2) is 53.0 Å². The number of fused-ring (bicyclic) bond motifs is 1. The molecule has 2 aliphatic heterocycles. The molecule has 3 aromatic carbocycles. The molecular weight excluding hydrogens is 614 g/mol. The van der Waals surface area contributed by atoms with E-state index in [-0.39, 0.29) is 31.2 Å². The standard InChI is InChI=1S/C25H15BrCl4N2O4/c1-2-36-14-9-3-11(4-10-14)21-22(25(35)31(21)13-7-5-12(26)6-8-13)32-23(33)15-16(24(32)34)18(28)20(30)19(29)17(15)27/h3-10,21-22H,2H2,1H3. The van der Waals surface area contributed by atoms with Gasteiger partial charge in [-0.05, 0) is 48.9 Å².